The summed E-state index contributed by atoms with van der Waals surface area (Å²) >= 11 is 0. The second kappa shape index (κ2) is 7.38. The second-order valence-corrected chi connectivity index (χ2v) is 4.77. The Morgan fingerprint density at radius 3 is 2.90 bits per heavy atom. The maximum atomic E-state index is 12.2. The Kier molecular flexibility index (Phi) is 5.26. The molecule has 2 heterocycles. The molecule has 110 valence electrons. The Morgan fingerprint density at radius 2 is 2.19 bits per heavy atom. The zero-order valence-corrected chi connectivity index (χ0v) is 12.4. The monoisotopic (exact) mass is 284 g/mol. The number of carbonyl (C=O) groups excluding carboxylic acids is 1. The molecule has 2 rings (SSSR count). The molecule has 2 aromatic rings. The molecule has 2 N–H and O–H groups in total. The average molecular weight is 284 g/mol. The Labute approximate surface area is 124 Å². The fourth-order valence-corrected chi connectivity index (χ4v) is 2.04. The zero-order valence-electron chi connectivity index (χ0n) is 12.4. The molecule has 0 radical (unpaired) electrons. The summed E-state index contributed by atoms with van der Waals surface area (Å²) in [5.74, 6) is -0.109. The first kappa shape index (κ1) is 15.0. The van der Waals surface area contributed by atoms with Crippen LogP contribution in [0.3, 0.4) is 0 Å². The predicted molar refractivity (Wildman–Crippen MR) is 83.4 cm³/mol. The highest BCUT2D eigenvalue weighted by atomic mass is 16.1. The van der Waals surface area contributed by atoms with Crippen molar-refractivity contribution in [1.29, 1.82) is 0 Å². The number of aryl methyl sites for hydroxylation is 1. The molecule has 1 amide bonds. The molecule has 0 aromatic carbocycles. The van der Waals surface area contributed by atoms with E-state index in [1.807, 2.05) is 38.2 Å². The number of amides is 1. The molecule has 0 spiro atoms. The van der Waals surface area contributed by atoms with Crippen molar-refractivity contribution in [1.82, 2.24) is 15.3 Å². The molecule has 5 nitrogen and oxygen atoms in total. The van der Waals surface area contributed by atoms with Gasteiger partial charge in [0.25, 0.3) is 5.91 Å². The highest BCUT2D eigenvalue weighted by molar-refractivity contribution is 5.99. The van der Waals surface area contributed by atoms with Gasteiger partial charge in [0.05, 0.1) is 11.3 Å². The summed E-state index contributed by atoms with van der Waals surface area (Å²) in [7, 11) is 0. The smallest absolute Gasteiger partial charge is 0.254 e. The number of aromatic nitrogens is 2. The number of nitrogens with one attached hydrogen (secondary N) is 2. The average Bonchev–Trinajstić information content (AvgIpc) is 2.49. The number of hydrogen-bond donors (Lipinski definition) is 2. The van der Waals surface area contributed by atoms with Crippen LogP contribution in [0, 0.1) is 6.92 Å². The van der Waals surface area contributed by atoms with E-state index in [-0.39, 0.29) is 5.91 Å². The Morgan fingerprint density at radius 1 is 1.33 bits per heavy atom. The zero-order chi connectivity index (χ0) is 15.1. The minimum atomic E-state index is -0.109. The molecule has 0 saturated heterocycles. The van der Waals surface area contributed by atoms with Crippen LogP contribution >= 0.6 is 0 Å². The van der Waals surface area contributed by atoms with Crippen molar-refractivity contribution in [2.24, 2.45) is 0 Å². The van der Waals surface area contributed by atoms with E-state index < -0.39 is 0 Å². The van der Waals surface area contributed by atoms with Crippen LogP contribution in [0.4, 0.5) is 5.69 Å². The Hall–Kier alpha value is -2.43. The van der Waals surface area contributed by atoms with Gasteiger partial charge in [-0.1, -0.05) is 6.07 Å². The molecule has 0 unspecified atom stereocenters. The van der Waals surface area contributed by atoms with Crippen molar-refractivity contribution in [3.05, 3.63) is 53.6 Å². The third kappa shape index (κ3) is 4.27. The number of anilines is 1. The lowest BCUT2D eigenvalue weighted by Crippen LogP contribution is -2.27. The van der Waals surface area contributed by atoms with Crippen LogP contribution in [0.25, 0.3) is 0 Å². The Balaban J connectivity index is 1.97. The van der Waals surface area contributed by atoms with Crippen molar-refractivity contribution >= 4 is 11.6 Å². The molecule has 0 aliphatic carbocycles. The van der Waals surface area contributed by atoms with Gasteiger partial charge < -0.3 is 10.6 Å². The summed E-state index contributed by atoms with van der Waals surface area (Å²) in [6.45, 7) is 5.24. The van der Waals surface area contributed by atoms with Crippen LogP contribution in [-0.2, 0) is 6.42 Å². The summed E-state index contributed by atoms with van der Waals surface area (Å²) in [6.07, 6.45) is 5.93. The number of rotatable bonds is 6. The van der Waals surface area contributed by atoms with Crippen molar-refractivity contribution in [2.45, 2.75) is 20.3 Å². The van der Waals surface area contributed by atoms with E-state index in [0.717, 1.165) is 29.9 Å². The fraction of sp³-hybridized carbons (Fsp3) is 0.312. The molecule has 0 aliphatic heterocycles. The van der Waals surface area contributed by atoms with Gasteiger partial charge in [-0.05, 0) is 38.0 Å². The van der Waals surface area contributed by atoms with E-state index in [0.29, 0.717) is 12.1 Å². The number of pyridine rings is 2. The summed E-state index contributed by atoms with van der Waals surface area (Å²) in [5, 5.41) is 6.11. The maximum absolute atomic E-state index is 12.2. The van der Waals surface area contributed by atoms with Gasteiger partial charge in [0.15, 0.2) is 0 Å². The summed E-state index contributed by atoms with van der Waals surface area (Å²) in [5.41, 5.74) is 3.39. The molecular weight excluding hydrogens is 264 g/mol. The second-order valence-electron chi connectivity index (χ2n) is 4.77. The van der Waals surface area contributed by atoms with Gasteiger partial charge in [0.2, 0.25) is 0 Å². The first-order valence-corrected chi connectivity index (χ1v) is 7.08. The van der Waals surface area contributed by atoms with Crippen molar-refractivity contribution in [3.63, 3.8) is 0 Å². The van der Waals surface area contributed by atoms with Gasteiger partial charge >= 0.3 is 0 Å². The van der Waals surface area contributed by atoms with E-state index in [4.69, 9.17) is 0 Å². The van der Waals surface area contributed by atoms with Crippen molar-refractivity contribution in [2.75, 3.05) is 18.4 Å². The molecule has 0 atom stereocenters. The van der Waals surface area contributed by atoms with Gasteiger partial charge in [-0.2, -0.15) is 0 Å². The standard InChI is InChI=1S/C16H20N4O/c1-3-18-15-9-12(2)20-11-14(15)16(21)19-8-6-13-5-4-7-17-10-13/h4-5,7,9-11H,3,6,8H2,1-2H3,(H,18,20)(H,19,21). The van der Waals surface area contributed by atoms with Gasteiger partial charge in [-0.25, -0.2) is 0 Å². The van der Waals surface area contributed by atoms with E-state index in [1.165, 1.54) is 0 Å². The van der Waals surface area contributed by atoms with Crippen LogP contribution < -0.4 is 10.6 Å². The molecule has 0 saturated carbocycles. The highest BCUT2D eigenvalue weighted by Gasteiger charge is 2.11. The lowest BCUT2D eigenvalue weighted by molar-refractivity contribution is 0.0954. The lowest BCUT2D eigenvalue weighted by Gasteiger charge is -2.11. The van der Waals surface area contributed by atoms with Crippen LogP contribution in [0.2, 0.25) is 0 Å². The Bertz CT molecular complexity index is 598. The molecule has 2 aromatic heterocycles. The third-order valence-electron chi connectivity index (χ3n) is 3.07. The van der Waals surface area contributed by atoms with Crippen molar-refractivity contribution < 1.29 is 4.79 Å². The van der Waals surface area contributed by atoms with E-state index in [9.17, 15) is 4.79 Å². The van der Waals surface area contributed by atoms with Crippen LogP contribution in [0.15, 0.2) is 36.8 Å². The molecule has 21 heavy (non-hydrogen) atoms. The predicted octanol–water partition coefficient (Wildman–Crippen LogP) is 2.19. The van der Waals surface area contributed by atoms with E-state index >= 15 is 0 Å². The number of nitrogens with zero attached hydrogens (tertiary/aromatic N) is 2. The highest BCUT2D eigenvalue weighted by Crippen LogP contribution is 2.15. The van der Waals surface area contributed by atoms with Gasteiger partial charge in [0, 0.05) is 37.4 Å². The largest absolute Gasteiger partial charge is 0.385 e. The number of carbonyl (C=O) groups is 1. The van der Waals surface area contributed by atoms with Crippen LogP contribution in [-0.4, -0.2) is 29.0 Å². The van der Waals surface area contributed by atoms with Crippen LogP contribution in [0.5, 0.6) is 0 Å². The molecule has 0 fully saturated rings. The maximum Gasteiger partial charge on any atom is 0.254 e. The molecule has 5 heteroatoms. The van der Waals surface area contributed by atoms with E-state index in [2.05, 4.69) is 20.6 Å². The normalized spacial score (nSPS) is 10.2. The third-order valence-corrected chi connectivity index (χ3v) is 3.07. The fourth-order valence-electron chi connectivity index (χ4n) is 2.04. The first-order chi connectivity index (χ1) is 10.2. The summed E-state index contributed by atoms with van der Waals surface area (Å²) in [4.78, 5) is 20.5. The van der Waals surface area contributed by atoms with Gasteiger partial charge in [0.1, 0.15) is 0 Å². The van der Waals surface area contributed by atoms with Crippen molar-refractivity contribution in [3.8, 4) is 0 Å². The van der Waals surface area contributed by atoms with Crippen LogP contribution in [0.1, 0.15) is 28.5 Å². The summed E-state index contributed by atoms with van der Waals surface area (Å²) in [6, 6.07) is 5.78. The minimum Gasteiger partial charge on any atom is -0.385 e. The molecule has 0 aliphatic rings. The molecular formula is C16H20N4O. The van der Waals surface area contributed by atoms with E-state index in [1.54, 1.807) is 12.4 Å². The van der Waals surface area contributed by atoms with Gasteiger partial charge in [-0.15, -0.1) is 0 Å². The number of hydrogen-bond acceptors (Lipinski definition) is 4. The SMILES string of the molecule is CCNc1cc(C)ncc1C(=O)NCCc1cccnc1. The minimum absolute atomic E-state index is 0.109. The van der Waals surface area contributed by atoms with Gasteiger partial charge in [-0.3, -0.25) is 14.8 Å². The quantitative estimate of drug-likeness (QED) is 0.853. The lowest BCUT2D eigenvalue weighted by atomic mass is 10.1. The first-order valence-electron chi connectivity index (χ1n) is 7.08. The topological polar surface area (TPSA) is 66.9 Å². The molecule has 0 bridgehead atoms. The summed E-state index contributed by atoms with van der Waals surface area (Å²) < 4.78 is 0.